The number of benzene rings is 1. The van der Waals surface area contributed by atoms with Gasteiger partial charge in [-0.25, -0.2) is 4.79 Å². The van der Waals surface area contributed by atoms with Gasteiger partial charge in [0.05, 0.1) is 18.3 Å². The zero-order chi connectivity index (χ0) is 12.7. The highest BCUT2D eigenvalue weighted by Crippen LogP contribution is 2.21. The van der Waals surface area contributed by atoms with Crippen molar-refractivity contribution in [1.29, 1.82) is 0 Å². The fraction of sp³-hybridized carbons (Fsp3) is 0.417. The number of halogens is 1. The van der Waals surface area contributed by atoms with E-state index in [-0.39, 0.29) is 18.3 Å². The van der Waals surface area contributed by atoms with Crippen LogP contribution in [0.15, 0.2) is 30.3 Å². The van der Waals surface area contributed by atoms with Gasteiger partial charge in [-0.2, -0.15) is 0 Å². The molecule has 4 nitrogen and oxygen atoms in total. The molecule has 0 aromatic heterocycles. The van der Waals surface area contributed by atoms with Crippen molar-refractivity contribution in [2.75, 3.05) is 6.61 Å². The maximum absolute atomic E-state index is 10.2. The summed E-state index contributed by atoms with van der Waals surface area (Å²) in [6, 6.07) is 8.30. The molecule has 2 atom stereocenters. The zero-order valence-corrected chi connectivity index (χ0v) is 10.0. The van der Waals surface area contributed by atoms with Gasteiger partial charge in [0, 0.05) is 0 Å². The molecule has 0 saturated carbocycles. The van der Waals surface area contributed by atoms with Crippen molar-refractivity contribution in [3.63, 3.8) is 0 Å². The van der Waals surface area contributed by atoms with Gasteiger partial charge in [0.1, 0.15) is 5.56 Å². The lowest BCUT2D eigenvalue weighted by Gasteiger charge is -2.03. The summed E-state index contributed by atoms with van der Waals surface area (Å²) in [6.45, 7) is 0.100. The van der Waals surface area contributed by atoms with E-state index in [0.717, 1.165) is 12.8 Å². The fourth-order valence-electron chi connectivity index (χ4n) is 1.38. The Kier molecular flexibility index (Phi) is 5.97. The Labute approximate surface area is 105 Å². The van der Waals surface area contributed by atoms with Crippen LogP contribution in [0.3, 0.4) is 0 Å². The summed E-state index contributed by atoms with van der Waals surface area (Å²) >= 11 is 5.55. The largest absolute Gasteiger partial charge is 0.478 e. The Morgan fingerprint density at radius 3 is 2.29 bits per heavy atom. The number of aromatic carboxylic acids is 1. The number of carboxylic acid groups (broad SMARTS) is 1. The van der Waals surface area contributed by atoms with Crippen molar-refractivity contribution in [2.24, 2.45) is 0 Å². The van der Waals surface area contributed by atoms with Crippen LogP contribution >= 0.6 is 11.6 Å². The van der Waals surface area contributed by atoms with Gasteiger partial charge in [0.25, 0.3) is 0 Å². The number of carboxylic acids is 1. The molecule has 2 rings (SSSR count). The zero-order valence-electron chi connectivity index (χ0n) is 9.25. The smallest absolute Gasteiger partial charge is 0.335 e. The highest BCUT2D eigenvalue weighted by atomic mass is 35.5. The number of aliphatic hydroxyl groups is 1. The summed E-state index contributed by atoms with van der Waals surface area (Å²) in [6.07, 6.45) is 1.76. The topological polar surface area (TPSA) is 66.8 Å². The molecule has 1 aromatic carbocycles. The molecular formula is C12H15ClO4. The number of carbonyl (C=O) groups is 1. The lowest BCUT2D eigenvalue weighted by Crippen LogP contribution is -2.11. The molecule has 2 unspecified atom stereocenters. The molecule has 94 valence electrons. The summed E-state index contributed by atoms with van der Waals surface area (Å²) < 4.78 is 5.03. The third-order valence-electron chi connectivity index (χ3n) is 2.28. The second-order valence-corrected chi connectivity index (χ2v) is 4.09. The molecule has 1 aromatic rings. The van der Waals surface area contributed by atoms with Crippen LogP contribution < -0.4 is 0 Å². The molecule has 1 heterocycles. The van der Waals surface area contributed by atoms with E-state index in [1.165, 1.54) is 0 Å². The van der Waals surface area contributed by atoms with E-state index in [4.69, 9.17) is 26.6 Å². The van der Waals surface area contributed by atoms with Crippen molar-refractivity contribution in [1.82, 2.24) is 0 Å². The first-order chi connectivity index (χ1) is 8.13. The molecule has 1 aliphatic rings. The van der Waals surface area contributed by atoms with E-state index in [0.29, 0.717) is 5.56 Å². The quantitative estimate of drug-likeness (QED) is 0.798. The van der Waals surface area contributed by atoms with E-state index < -0.39 is 5.97 Å². The monoisotopic (exact) mass is 258 g/mol. The van der Waals surface area contributed by atoms with Crippen LogP contribution in [0.4, 0.5) is 0 Å². The fourth-order valence-corrected chi connectivity index (χ4v) is 1.65. The molecular weight excluding hydrogens is 244 g/mol. The van der Waals surface area contributed by atoms with E-state index >= 15 is 0 Å². The van der Waals surface area contributed by atoms with E-state index in [1.54, 1.807) is 30.3 Å². The first-order valence-electron chi connectivity index (χ1n) is 5.32. The summed E-state index contributed by atoms with van der Waals surface area (Å²) in [7, 11) is 0. The second-order valence-electron chi connectivity index (χ2n) is 3.60. The van der Waals surface area contributed by atoms with Gasteiger partial charge in [-0.3, -0.25) is 0 Å². The highest BCUT2D eigenvalue weighted by Gasteiger charge is 2.21. The third-order valence-corrected chi connectivity index (χ3v) is 2.60. The van der Waals surface area contributed by atoms with Crippen LogP contribution in [-0.4, -0.2) is 34.5 Å². The molecule has 0 radical (unpaired) electrons. The number of rotatable bonds is 2. The molecule has 17 heavy (non-hydrogen) atoms. The van der Waals surface area contributed by atoms with E-state index in [2.05, 4.69) is 0 Å². The number of hydrogen-bond donors (Lipinski definition) is 2. The summed E-state index contributed by atoms with van der Waals surface area (Å²) in [5, 5.41) is 16.9. The average Bonchev–Trinajstić information content (AvgIpc) is 2.77. The minimum atomic E-state index is -0.879. The highest BCUT2D eigenvalue weighted by molar-refractivity contribution is 6.19. The predicted molar refractivity (Wildman–Crippen MR) is 64.2 cm³/mol. The van der Waals surface area contributed by atoms with Gasteiger partial charge in [-0.1, -0.05) is 29.8 Å². The van der Waals surface area contributed by atoms with Crippen LogP contribution in [0.5, 0.6) is 0 Å². The molecule has 5 heteroatoms. The SMILES string of the molecule is O=C(O)c1ccccc1.OCC1CCC(Cl)O1. The van der Waals surface area contributed by atoms with Crippen molar-refractivity contribution >= 4 is 17.6 Å². The van der Waals surface area contributed by atoms with E-state index in [9.17, 15) is 4.79 Å². The number of hydrogen-bond acceptors (Lipinski definition) is 3. The Balaban J connectivity index is 0.000000171. The average molecular weight is 259 g/mol. The summed E-state index contributed by atoms with van der Waals surface area (Å²) in [5.41, 5.74) is 0.171. The summed E-state index contributed by atoms with van der Waals surface area (Å²) in [4.78, 5) is 10.2. The first kappa shape index (κ1) is 14.0. The number of ether oxygens (including phenoxy) is 1. The van der Waals surface area contributed by atoms with Gasteiger partial charge >= 0.3 is 5.97 Å². The Morgan fingerprint density at radius 1 is 1.35 bits per heavy atom. The third kappa shape index (κ3) is 5.17. The van der Waals surface area contributed by atoms with Crippen LogP contribution in [-0.2, 0) is 4.74 Å². The van der Waals surface area contributed by atoms with Crippen LogP contribution in [0.1, 0.15) is 23.2 Å². The minimum Gasteiger partial charge on any atom is -0.478 e. The maximum Gasteiger partial charge on any atom is 0.335 e. The van der Waals surface area contributed by atoms with Gasteiger partial charge in [-0.15, -0.1) is 0 Å². The van der Waals surface area contributed by atoms with Crippen molar-refractivity contribution < 1.29 is 19.7 Å². The van der Waals surface area contributed by atoms with Crippen molar-refractivity contribution in [3.05, 3.63) is 35.9 Å². The minimum absolute atomic E-state index is 0.00231. The van der Waals surface area contributed by atoms with Crippen molar-refractivity contribution in [3.8, 4) is 0 Å². The maximum atomic E-state index is 10.2. The molecule has 0 bridgehead atoms. The summed E-state index contributed by atoms with van der Waals surface area (Å²) in [5.74, 6) is -0.879. The lowest BCUT2D eigenvalue weighted by atomic mass is 10.2. The molecule has 1 aliphatic heterocycles. The Morgan fingerprint density at radius 2 is 2.00 bits per heavy atom. The van der Waals surface area contributed by atoms with Gasteiger partial charge in [0.2, 0.25) is 0 Å². The molecule has 0 aliphatic carbocycles. The molecule has 1 fully saturated rings. The standard InChI is InChI=1S/C7H6O2.C5H9ClO2/c8-7(9)6-4-2-1-3-5-6;6-5-2-1-4(3-7)8-5/h1-5H,(H,8,9);4-5,7H,1-3H2. The molecule has 0 amide bonds. The normalized spacial score (nSPS) is 22.7. The Hall–Kier alpha value is -1.10. The Bertz CT molecular complexity index is 342. The van der Waals surface area contributed by atoms with E-state index in [1.807, 2.05) is 0 Å². The van der Waals surface area contributed by atoms with Gasteiger partial charge in [-0.05, 0) is 25.0 Å². The van der Waals surface area contributed by atoms with Crippen molar-refractivity contribution in [2.45, 2.75) is 24.5 Å². The first-order valence-corrected chi connectivity index (χ1v) is 5.76. The predicted octanol–water partition coefficient (Wildman–Crippen LogP) is 2.11. The van der Waals surface area contributed by atoms with Crippen LogP contribution in [0, 0.1) is 0 Å². The number of alkyl halides is 1. The second kappa shape index (κ2) is 7.27. The number of aliphatic hydroxyl groups excluding tert-OH is 1. The lowest BCUT2D eigenvalue weighted by molar-refractivity contribution is 0.0435. The molecule has 0 spiro atoms. The van der Waals surface area contributed by atoms with Crippen LogP contribution in [0.2, 0.25) is 0 Å². The molecule has 1 saturated heterocycles. The van der Waals surface area contributed by atoms with Gasteiger partial charge < -0.3 is 14.9 Å². The van der Waals surface area contributed by atoms with Crippen LogP contribution in [0.25, 0.3) is 0 Å². The molecule has 2 N–H and O–H groups in total. The van der Waals surface area contributed by atoms with Gasteiger partial charge in [0.15, 0.2) is 0 Å².